The molecule has 0 spiro atoms. The minimum absolute atomic E-state index is 0.386. The van der Waals surface area contributed by atoms with Gasteiger partial charge in [0.2, 0.25) is 11.8 Å². The first kappa shape index (κ1) is 18.7. The zero-order valence-corrected chi connectivity index (χ0v) is 16.5. The van der Waals surface area contributed by atoms with E-state index in [-0.39, 0.29) is 0 Å². The fourth-order valence-electron chi connectivity index (χ4n) is 4.09. The number of aromatic nitrogens is 1. The van der Waals surface area contributed by atoms with Crippen molar-refractivity contribution in [3.05, 3.63) is 95.7 Å². The van der Waals surface area contributed by atoms with Gasteiger partial charge in [0.15, 0.2) is 0 Å². The number of amides is 2. The summed E-state index contributed by atoms with van der Waals surface area (Å²) in [4.78, 5) is 24.1. The summed E-state index contributed by atoms with van der Waals surface area (Å²) >= 11 is 0. The van der Waals surface area contributed by atoms with Gasteiger partial charge in [-0.05, 0) is 54.1 Å². The zero-order valence-electron chi connectivity index (χ0n) is 16.5. The third-order valence-electron chi connectivity index (χ3n) is 5.48. The van der Waals surface area contributed by atoms with Crippen molar-refractivity contribution in [2.24, 2.45) is 11.5 Å². The number of nitrogens with two attached hydrogens (primary N) is 2. The molecule has 3 aromatic carbocycles. The van der Waals surface area contributed by atoms with Crippen LogP contribution in [0.25, 0.3) is 33.1 Å². The van der Waals surface area contributed by atoms with Crippen molar-refractivity contribution in [1.82, 2.24) is 4.57 Å². The lowest BCUT2D eigenvalue weighted by molar-refractivity contribution is 0.0992. The van der Waals surface area contributed by atoms with Gasteiger partial charge in [-0.2, -0.15) is 0 Å². The first-order valence-electron chi connectivity index (χ1n) is 9.72. The molecule has 0 fully saturated rings. The van der Waals surface area contributed by atoms with E-state index in [9.17, 15) is 9.59 Å². The molecular formula is C25H18N3O3. The average molecular weight is 408 g/mol. The molecule has 2 amide bonds. The van der Waals surface area contributed by atoms with Gasteiger partial charge in [0.1, 0.15) is 5.76 Å². The smallest absolute Gasteiger partial charge is 0.249 e. The van der Waals surface area contributed by atoms with Gasteiger partial charge in [0, 0.05) is 34.0 Å². The van der Waals surface area contributed by atoms with Gasteiger partial charge in [0.25, 0.3) is 0 Å². The van der Waals surface area contributed by atoms with Gasteiger partial charge in [-0.3, -0.25) is 9.59 Å². The Morgan fingerprint density at radius 3 is 2.42 bits per heavy atom. The molecule has 6 heteroatoms. The summed E-state index contributed by atoms with van der Waals surface area (Å²) in [7, 11) is 0. The second kappa shape index (κ2) is 7.18. The van der Waals surface area contributed by atoms with Crippen LogP contribution in [0.15, 0.2) is 77.4 Å². The summed E-state index contributed by atoms with van der Waals surface area (Å²) in [6, 6.07) is 23.5. The lowest BCUT2D eigenvalue weighted by Crippen LogP contribution is -2.15. The van der Waals surface area contributed by atoms with Gasteiger partial charge in [-0.15, -0.1) is 0 Å². The summed E-state index contributed by atoms with van der Waals surface area (Å²) in [6.07, 6.45) is 1.61. The van der Waals surface area contributed by atoms with E-state index in [4.69, 9.17) is 15.9 Å². The average Bonchev–Trinajstić information content (AvgIpc) is 3.41. The monoisotopic (exact) mass is 408 g/mol. The van der Waals surface area contributed by atoms with E-state index in [2.05, 4.69) is 6.07 Å². The minimum Gasteiger partial charge on any atom is -0.464 e. The van der Waals surface area contributed by atoms with Crippen LogP contribution >= 0.6 is 0 Å². The quantitative estimate of drug-likeness (QED) is 0.457. The molecule has 151 valence electrons. The van der Waals surface area contributed by atoms with Crippen LogP contribution in [-0.4, -0.2) is 16.4 Å². The third kappa shape index (κ3) is 3.05. The number of hydrogen-bond donors (Lipinski definition) is 2. The molecule has 0 unspecified atom stereocenters. The molecule has 0 aliphatic carbocycles. The molecule has 4 N–H and O–H groups in total. The van der Waals surface area contributed by atoms with Crippen LogP contribution < -0.4 is 11.5 Å². The molecule has 0 saturated heterocycles. The Kier molecular flexibility index (Phi) is 4.33. The Bertz CT molecular complexity index is 1460. The van der Waals surface area contributed by atoms with E-state index in [0.717, 1.165) is 32.9 Å². The summed E-state index contributed by atoms with van der Waals surface area (Å²) < 4.78 is 7.59. The Balaban J connectivity index is 1.83. The van der Waals surface area contributed by atoms with E-state index >= 15 is 0 Å². The standard InChI is InChI=1S/C25H18N3O3/c26-24(29)17-6-2-1-5-16(17)14-28-20-8-3-7-19(25(27)30)23(20)18-11-10-15(13-21(18)28)22-9-4-12-31-22/h1-10,12-13H,14H2,(H2,26,29)(H2,27,30). The van der Waals surface area contributed by atoms with E-state index in [1.165, 1.54) is 0 Å². The molecule has 0 saturated carbocycles. The van der Waals surface area contributed by atoms with Crippen molar-refractivity contribution in [2.75, 3.05) is 0 Å². The number of primary amides is 2. The Morgan fingerprint density at radius 1 is 0.903 bits per heavy atom. The lowest BCUT2D eigenvalue weighted by Gasteiger charge is -2.11. The first-order valence-corrected chi connectivity index (χ1v) is 9.72. The maximum Gasteiger partial charge on any atom is 0.249 e. The van der Waals surface area contributed by atoms with Crippen molar-refractivity contribution in [1.29, 1.82) is 0 Å². The molecule has 0 atom stereocenters. The van der Waals surface area contributed by atoms with Gasteiger partial charge in [-0.25, -0.2) is 0 Å². The predicted octanol–water partition coefficient (Wildman–Crippen LogP) is 4.10. The van der Waals surface area contributed by atoms with Crippen molar-refractivity contribution in [3.63, 3.8) is 0 Å². The molecule has 2 heterocycles. The van der Waals surface area contributed by atoms with Crippen LogP contribution in [-0.2, 0) is 6.54 Å². The van der Waals surface area contributed by atoms with E-state index in [0.29, 0.717) is 23.4 Å². The van der Waals surface area contributed by atoms with Crippen LogP contribution in [0.5, 0.6) is 0 Å². The normalized spacial score (nSPS) is 11.2. The van der Waals surface area contributed by atoms with Crippen LogP contribution in [0.2, 0.25) is 0 Å². The topological polar surface area (TPSA) is 104 Å². The van der Waals surface area contributed by atoms with Crippen LogP contribution in [0.3, 0.4) is 0 Å². The molecule has 6 nitrogen and oxygen atoms in total. The highest BCUT2D eigenvalue weighted by molar-refractivity contribution is 6.18. The number of hydrogen-bond acceptors (Lipinski definition) is 3. The second-order valence-corrected chi connectivity index (χ2v) is 7.30. The summed E-state index contributed by atoms with van der Waals surface area (Å²) in [5.41, 5.74) is 15.4. The van der Waals surface area contributed by atoms with E-state index in [1.807, 2.05) is 47.0 Å². The molecule has 0 aliphatic rings. The number of fused-ring (bicyclic) bond motifs is 3. The van der Waals surface area contributed by atoms with Crippen molar-refractivity contribution in [3.8, 4) is 11.3 Å². The number of nitrogens with zero attached hydrogens (tertiary/aromatic N) is 1. The molecule has 31 heavy (non-hydrogen) atoms. The second-order valence-electron chi connectivity index (χ2n) is 7.30. The van der Waals surface area contributed by atoms with Crippen LogP contribution in [0, 0.1) is 6.07 Å². The van der Waals surface area contributed by atoms with Gasteiger partial charge >= 0.3 is 0 Å². The first-order chi connectivity index (χ1) is 15.0. The Morgan fingerprint density at radius 2 is 1.68 bits per heavy atom. The molecular weight excluding hydrogens is 390 g/mol. The SMILES string of the molecule is NC(=O)c1ccccc1Cn1c2cc(-c3ccco3)c[c]c2c2c(C(N)=O)cccc21. The molecule has 1 radical (unpaired) electrons. The number of carbonyl (C=O) groups excluding carboxylic acids is 2. The number of furan rings is 1. The van der Waals surface area contributed by atoms with E-state index in [1.54, 1.807) is 30.5 Å². The Hall–Kier alpha value is -4.32. The largest absolute Gasteiger partial charge is 0.464 e. The van der Waals surface area contributed by atoms with Gasteiger partial charge in [-0.1, -0.05) is 24.3 Å². The molecule has 0 aliphatic heterocycles. The highest BCUT2D eigenvalue weighted by Gasteiger charge is 2.19. The third-order valence-corrected chi connectivity index (χ3v) is 5.48. The summed E-state index contributed by atoms with van der Waals surface area (Å²) in [5.74, 6) is -0.287. The summed E-state index contributed by atoms with van der Waals surface area (Å²) in [5, 5.41) is 1.50. The highest BCUT2D eigenvalue weighted by Crippen LogP contribution is 2.35. The summed E-state index contributed by atoms with van der Waals surface area (Å²) in [6.45, 7) is 0.386. The van der Waals surface area contributed by atoms with E-state index < -0.39 is 11.8 Å². The van der Waals surface area contributed by atoms with Gasteiger partial charge < -0.3 is 20.5 Å². The molecule has 5 rings (SSSR count). The zero-order chi connectivity index (χ0) is 21.5. The maximum atomic E-state index is 12.1. The van der Waals surface area contributed by atoms with Crippen molar-refractivity contribution in [2.45, 2.75) is 6.54 Å². The maximum absolute atomic E-state index is 12.1. The number of rotatable bonds is 5. The highest BCUT2D eigenvalue weighted by atomic mass is 16.3. The minimum atomic E-state index is -0.509. The lowest BCUT2D eigenvalue weighted by atomic mass is 10.0. The Labute approximate surface area is 177 Å². The predicted molar refractivity (Wildman–Crippen MR) is 119 cm³/mol. The van der Waals surface area contributed by atoms with Gasteiger partial charge in [0.05, 0.1) is 17.3 Å². The fraction of sp³-hybridized carbons (Fsp3) is 0.0400. The number of carbonyl (C=O) groups is 2. The van der Waals surface area contributed by atoms with Crippen LogP contribution in [0.4, 0.5) is 0 Å². The van der Waals surface area contributed by atoms with Crippen molar-refractivity contribution < 1.29 is 14.0 Å². The molecule has 5 aromatic rings. The molecule has 0 bridgehead atoms. The number of benzene rings is 3. The van der Waals surface area contributed by atoms with Crippen LogP contribution in [0.1, 0.15) is 26.3 Å². The van der Waals surface area contributed by atoms with Crippen molar-refractivity contribution >= 4 is 33.6 Å². The fourth-order valence-corrected chi connectivity index (χ4v) is 4.09. The molecule has 2 aromatic heterocycles.